The molecule has 0 aliphatic carbocycles. The third-order valence-corrected chi connectivity index (χ3v) is 3.74. The molecular weight excluding hydrogens is 309 g/mol. The molecule has 0 saturated heterocycles. The van der Waals surface area contributed by atoms with Gasteiger partial charge in [-0.05, 0) is 25.1 Å². The van der Waals surface area contributed by atoms with Crippen LogP contribution in [0.25, 0.3) is 11.3 Å². The summed E-state index contributed by atoms with van der Waals surface area (Å²) < 4.78 is 16.2. The highest BCUT2D eigenvalue weighted by molar-refractivity contribution is 9.10. The molecule has 1 aromatic heterocycles. The molecule has 0 atom stereocenters. The van der Waals surface area contributed by atoms with Crippen LogP contribution in [0.5, 0.6) is 0 Å². The largest absolute Gasteiger partial charge is 0.383 e. The normalized spacial score (nSPS) is 11.3. The minimum atomic E-state index is -0.297. The van der Waals surface area contributed by atoms with Crippen molar-refractivity contribution in [2.24, 2.45) is 0 Å². The number of rotatable bonds is 3. The number of nitrogen functional groups attached to an aromatic ring is 1. The van der Waals surface area contributed by atoms with Gasteiger partial charge in [0, 0.05) is 22.5 Å². The van der Waals surface area contributed by atoms with E-state index in [0.29, 0.717) is 17.1 Å². The molecule has 1 heterocycles. The number of halogens is 2. The zero-order valence-electron chi connectivity index (χ0n) is 11.2. The molecule has 2 rings (SSSR count). The maximum atomic E-state index is 13.4. The molecule has 102 valence electrons. The van der Waals surface area contributed by atoms with Crippen LogP contribution in [0.2, 0.25) is 0 Å². The minimum absolute atomic E-state index is 0.267. The van der Waals surface area contributed by atoms with E-state index in [9.17, 15) is 4.39 Å². The topological polar surface area (TPSA) is 43.8 Å². The van der Waals surface area contributed by atoms with E-state index in [-0.39, 0.29) is 11.7 Å². The van der Waals surface area contributed by atoms with Crippen LogP contribution in [0.1, 0.15) is 32.5 Å². The van der Waals surface area contributed by atoms with E-state index in [0.717, 1.165) is 16.8 Å². The zero-order chi connectivity index (χ0) is 14.2. The van der Waals surface area contributed by atoms with E-state index in [1.807, 2.05) is 11.5 Å². The SMILES string of the molecule is CCn1c(C(C)C)nc(-c2cc(F)ccc2Br)c1N. The maximum absolute atomic E-state index is 13.4. The highest BCUT2D eigenvalue weighted by Gasteiger charge is 2.19. The summed E-state index contributed by atoms with van der Waals surface area (Å²) in [5.74, 6) is 1.47. The molecule has 0 spiro atoms. The molecule has 1 aromatic carbocycles. The van der Waals surface area contributed by atoms with Crippen LogP contribution in [0, 0.1) is 5.82 Å². The van der Waals surface area contributed by atoms with Crippen LogP contribution in [0.4, 0.5) is 10.2 Å². The van der Waals surface area contributed by atoms with E-state index in [1.165, 1.54) is 12.1 Å². The summed E-state index contributed by atoms with van der Waals surface area (Å²) in [6.07, 6.45) is 0. The number of benzene rings is 1. The van der Waals surface area contributed by atoms with Crippen LogP contribution in [-0.4, -0.2) is 9.55 Å². The van der Waals surface area contributed by atoms with Crippen molar-refractivity contribution < 1.29 is 4.39 Å². The third-order valence-electron chi connectivity index (χ3n) is 3.05. The molecule has 5 heteroatoms. The standard InChI is InChI=1S/C14H17BrFN3/c1-4-19-13(17)12(18-14(19)8(2)3)10-7-9(16)5-6-11(10)15/h5-8H,4,17H2,1-3H3. The molecule has 2 aromatic rings. The first-order chi connectivity index (χ1) is 8.95. The number of hydrogen-bond donors (Lipinski definition) is 1. The molecule has 0 fully saturated rings. The Hall–Kier alpha value is -1.36. The first-order valence-corrected chi connectivity index (χ1v) is 7.06. The van der Waals surface area contributed by atoms with Crippen molar-refractivity contribution in [2.75, 3.05) is 5.73 Å². The first kappa shape index (κ1) is 14.1. The van der Waals surface area contributed by atoms with Crippen molar-refractivity contribution in [3.63, 3.8) is 0 Å². The summed E-state index contributed by atoms with van der Waals surface area (Å²) in [6, 6.07) is 4.53. The van der Waals surface area contributed by atoms with Crippen molar-refractivity contribution in [3.05, 3.63) is 34.3 Å². The molecule has 0 bridgehead atoms. The number of aromatic nitrogens is 2. The lowest BCUT2D eigenvalue weighted by Gasteiger charge is -2.08. The summed E-state index contributed by atoms with van der Waals surface area (Å²) in [5, 5.41) is 0. The Morgan fingerprint density at radius 2 is 2.11 bits per heavy atom. The predicted molar refractivity (Wildman–Crippen MR) is 79.5 cm³/mol. The van der Waals surface area contributed by atoms with Crippen LogP contribution >= 0.6 is 15.9 Å². The van der Waals surface area contributed by atoms with E-state index in [4.69, 9.17) is 5.73 Å². The van der Waals surface area contributed by atoms with Gasteiger partial charge in [-0.2, -0.15) is 0 Å². The first-order valence-electron chi connectivity index (χ1n) is 6.27. The van der Waals surface area contributed by atoms with E-state index >= 15 is 0 Å². The number of nitrogens with two attached hydrogens (primary N) is 1. The molecule has 0 radical (unpaired) electrons. The summed E-state index contributed by atoms with van der Waals surface area (Å²) in [7, 11) is 0. The van der Waals surface area contributed by atoms with Crippen molar-refractivity contribution >= 4 is 21.7 Å². The molecule has 0 saturated carbocycles. The van der Waals surface area contributed by atoms with Gasteiger partial charge in [0.25, 0.3) is 0 Å². The van der Waals surface area contributed by atoms with Crippen LogP contribution < -0.4 is 5.73 Å². The van der Waals surface area contributed by atoms with Gasteiger partial charge in [-0.15, -0.1) is 0 Å². The van der Waals surface area contributed by atoms with Crippen LogP contribution in [0.15, 0.2) is 22.7 Å². The average molecular weight is 326 g/mol. The Balaban J connectivity index is 2.66. The van der Waals surface area contributed by atoms with Gasteiger partial charge in [0.1, 0.15) is 23.2 Å². The van der Waals surface area contributed by atoms with Gasteiger partial charge < -0.3 is 10.3 Å². The lowest BCUT2D eigenvalue weighted by Crippen LogP contribution is -2.06. The van der Waals surface area contributed by atoms with Crippen LogP contribution in [0.3, 0.4) is 0 Å². The van der Waals surface area contributed by atoms with Gasteiger partial charge >= 0.3 is 0 Å². The molecule has 0 aliphatic rings. The molecule has 0 aliphatic heterocycles. The fourth-order valence-electron chi connectivity index (χ4n) is 2.13. The number of nitrogens with zero attached hydrogens (tertiary/aromatic N) is 2. The average Bonchev–Trinajstić information content (AvgIpc) is 2.69. The van der Waals surface area contributed by atoms with Crippen molar-refractivity contribution in [2.45, 2.75) is 33.2 Å². The molecule has 19 heavy (non-hydrogen) atoms. The fraction of sp³-hybridized carbons (Fsp3) is 0.357. The Labute approximate surface area is 120 Å². The summed E-state index contributed by atoms with van der Waals surface area (Å²) in [5.41, 5.74) is 7.48. The number of hydrogen-bond acceptors (Lipinski definition) is 2. The van der Waals surface area contributed by atoms with Gasteiger partial charge in [0.15, 0.2) is 0 Å². The number of imidazole rings is 1. The van der Waals surface area contributed by atoms with Crippen LogP contribution in [-0.2, 0) is 6.54 Å². The Bertz CT molecular complexity index is 605. The lowest BCUT2D eigenvalue weighted by atomic mass is 10.1. The summed E-state index contributed by atoms with van der Waals surface area (Å²) in [6.45, 7) is 6.91. The van der Waals surface area contributed by atoms with Gasteiger partial charge in [-0.25, -0.2) is 9.37 Å². The minimum Gasteiger partial charge on any atom is -0.383 e. The molecule has 2 N–H and O–H groups in total. The quantitative estimate of drug-likeness (QED) is 0.920. The van der Waals surface area contributed by atoms with Gasteiger partial charge in [0.2, 0.25) is 0 Å². The molecule has 0 unspecified atom stereocenters. The molecule has 3 nitrogen and oxygen atoms in total. The van der Waals surface area contributed by atoms with Gasteiger partial charge in [-0.3, -0.25) is 0 Å². The molecule has 0 amide bonds. The summed E-state index contributed by atoms with van der Waals surface area (Å²) >= 11 is 3.42. The van der Waals surface area contributed by atoms with E-state index in [1.54, 1.807) is 6.07 Å². The highest BCUT2D eigenvalue weighted by atomic mass is 79.9. The fourth-order valence-corrected chi connectivity index (χ4v) is 2.57. The van der Waals surface area contributed by atoms with Gasteiger partial charge in [-0.1, -0.05) is 29.8 Å². The third kappa shape index (κ3) is 2.52. The highest BCUT2D eigenvalue weighted by Crippen LogP contribution is 2.34. The Morgan fingerprint density at radius 3 is 2.63 bits per heavy atom. The van der Waals surface area contributed by atoms with Crippen molar-refractivity contribution in [1.82, 2.24) is 9.55 Å². The second-order valence-electron chi connectivity index (χ2n) is 4.73. The van der Waals surface area contributed by atoms with E-state index in [2.05, 4.69) is 34.8 Å². The second kappa shape index (κ2) is 5.33. The monoisotopic (exact) mass is 325 g/mol. The Morgan fingerprint density at radius 1 is 1.42 bits per heavy atom. The zero-order valence-corrected chi connectivity index (χ0v) is 12.8. The van der Waals surface area contributed by atoms with Gasteiger partial charge in [0.05, 0.1) is 0 Å². The lowest BCUT2D eigenvalue weighted by molar-refractivity contribution is 0.628. The van der Waals surface area contributed by atoms with Crippen molar-refractivity contribution in [1.29, 1.82) is 0 Å². The smallest absolute Gasteiger partial charge is 0.131 e. The Kier molecular flexibility index (Phi) is 3.94. The summed E-state index contributed by atoms with van der Waals surface area (Å²) in [4.78, 5) is 4.59. The number of anilines is 1. The molecular formula is C14H17BrFN3. The second-order valence-corrected chi connectivity index (χ2v) is 5.58. The maximum Gasteiger partial charge on any atom is 0.131 e. The van der Waals surface area contributed by atoms with E-state index < -0.39 is 0 Å². The predicted octanol–water partition coefficient (Wildman–Crippen LogP) is 4.18. The van der Waals surface area contributed by atoms with Crippen molar-refractivity contribution in [3.8, 4) is 11.3 Å².